The number of benzene rings is 1. The second-order valence-electron chi connectivity index (χ2n) is 5.20. The molecule has 4 heteroatoms. The normalized spacial score (nSPS) is 14.7. The number of ether oxygens (including phenoxy) is 1. The first-order valence-corrected chi connectivity index (χ1v) is 7.07. The van der Waals surface area contributed by atoms with Crippen molar-refractivity contribution in [3.05, 3.63) is 41.9 Å². The molecule has 0 aliphatic carbocycles. The first kappa shape index (κ1) is 13.1. The van der Waals surface area contributed by atoms with E-state index in [0.717, 1.165) is 42.3 Å². The maximum absolute atomic E-state index is 5.61. The van der Waals surface area contributed by atoms with E-state index < -0.39 is 0 Å². The van der Waals surface area contributed by atoms with Crippen LogP contribution in [0.25, 0.3) is 11.3 Å². The fourth-order valence-electron chi connectivity index (χ4n) is 2.50. The van der Waals surface area contributed by atoms with Crippen LogP contribution in [-0.2, 0) is 6.42 Å². The first-order valence-electron chi connectivity index (χ1n) is 7.07. The molecule has 0 saturated carbocycles. The van der Waals surface area contributed by atoms with E-state index in [1.807, 2.05) is 18.3 Å². The molecule has 1 unspecified atom stereocenters. The summed E-state index contributed by atoms with van der Waals surface area (Å²) >= 11 is 0. The van der Waals surface area contributed by atoms with Crippen LogP contribution in [0.15, 0.2) is 30.5 Å². The van der Waals surface area contributed by atoms with Gasteiger partial charge in [-0.05, 0) is 42.8 Å². The molecule has 1 aliphatic heterocycles. The lowest BCUT2D eigenvalue weighted by atomic mass is 10.0. The van der Waals surface area contributed by atoms with E-state index in [1.54, 1.807) is 0 Å². The van der Waals surface area contributed by atoms with Crippen LogP contribution in [0.2, 0.25) is 0 Å². The fraction of sp³-hybridized carbons (Fsp3) is 0.375. The summed E-state index contributed by atoms with van der Waals surface area (Å²) in [7, 11) is 0. The summed E-state index contributed by atoms with van der Waals surface area (Å²) in [5, 5.41) is 0. The zero-order valence-electron chi connectivity index (χ0n) is 11.7. The van der Waals surface area contributed by atoms with Gasteiger partial charge >= 0.3 is 0 Å². The molecule has 1 atom stereocenters. The zero-order chi connectivity index (χ0) is 13.9. The molecular weight excluding hydrogens is 250 g/mol. The van der Waals surface area contributed by atoms with Crippen molar-refractivity contribution in [2.24, 2.45) is 5.73 Å². The molecule has 2 aromatic rings. The lowest BCUT2D eigenvalue weighted by Gasteiger charge is -2.10. The summed E-state index contributed by atoms with van der Waals surface area (Å²) in [6, 6.07) is 8.21. The molecule has 1 aromatic heterocycles. The molecule has 0 fully saturated rings. The Morgan fingerprint density at radius 1 is 1.35 bits per heavy atom. The predicted molar refractivity (Wildman–Crippen MR) is 78.8 cm³/mol. The molecule has 0 saturated heterocycles. The highest BCUT2D eigenvalue weighted by Gasteiger charge is 2.14. The second kappa shape index (κ2) is 5.59. The summed E-state index contributed by atoms with van der Waals surface area (Å²) in [5.41, 5.74) is 8.96. The van der Waals surface area contributed by atoms with E-state index in [2.05, 4.69) is 29.0 Å². The van der Waals surface area contributed by atoms with E-state index >= 15 is 0 Å². The van der Waals surface area contributed by atoms with Crippen molar-refractivity contribution in [1.82, 2.24) is 9.97 Å². The molecule has 2 heterocycles. The predicted octanol–water partition coefficient (Wildman–Crippen LogP) is 2.53. The van der Waals surface area contributed by atoms with Crippen LogP contribution in [0.3, 0.4) is 0 Å². The van der Waals surface area contributed by atoms with Gasteiger partial charge < -0.3 is 10.5 Å². The van der Waals surface area contributed by atoms with Crippen molar-refractivity contribution in [1.29, 1.82) is 0 Å². The van der Waals surface area contributed by atoms with Crippen molar-refractivity contribution in [3.8, 4) is 17.0 Å². The Labute approximate surface area is 119 Å². The van der Waals surface area contributed by atoms with Gasteiger partial charge in [0.05, 0.1) is 12.3 Å². The first-order chi connectivity index (χ1) is 9.78. The molecule has 2 N–H and O–H groups in total. The third kappa shape index (κ3) is 2.51. The average Bonchev–Trinajstić information content (AvgIpc) is 2.95. The van der Waals surface area contributed by atoms with Crippen LogP contribution < -0.4 is 10.5 Å². The maximum atomic E-state index is 5.61. The van der Waals surface area contributed by atoms with Crippen molar-refractivity contribution in [2.45, 2.75) is 25.7 Å². The largest absolute Gasteiger partial charge is 0.493 e. The molecule has 0 bridgehead atoms. The average molecular weight is 269 g/mol. The molecule has 0 amide bonds. The van der Waals surface area contributed by atoms with Crippen molar-refractivity contribution in [2.75, 3.05) is 13.2 Å². The van der Waals surface area contributed by atoms with E-state index in [9.17, 15) is 0 Å². The summed E-state index contributed by atoms with van der Waals surface area (Å²) in [4.78, 5) is 9.04. The molecule has 1 aromatic carbocycles. The molecule has 4 nitrogen and oxygen atoms in total. The minimum atomic E-state index is 0.290. The van der Waals surface area contributed by atoms with Gasteiger partial charge in [0.2, 0.25) is 0 Å². The van der Waals surface area contributed by atoms with Crippen molar-refractivity contribution >= 4 is 0 Å². The Hall–Kier alpha value is -1.94. The number of aromatic nitrogens is 2. The van der Waals surface area contributed by atoms with Crippen LogP contribution in [0.4, 0.5) is 0 Å². The Kier molecular flexibility index (Phi) is 3.65. The second-order valence-corrected chi connectivity index (χ2v) is 5.20. The summed E-state index contributed by atoms with van der Waals surface area (Å²) < 4.78 is 5.54. The third-order valence-electron chi connectivity index (χ3n) is 3.70. The Morgan fingerprint density at radius 2 is 2.25 bits per heavy atom. The molecule has 104 valence electrons. The van der Waals surface area contributed by atoms with Gasteiger partial charge in [0.1, 0.15) is 11.6 Å². The Bertz CT molecular complexity index is 612. The summed E-state index contributed by atoms with van der Waals surface area (Å²) in [6.07, 6.45) is 3.71. The minimum absolute atomic E-state index is 0.290. The standard InChI is InChI=1S/C16H19N3O/c1-11(4-7-17)16-18-8-5-14(19-16)12-2-3-15-13(10-12)6-9-20-15/h2-3,5,8,10-11H,4,6-7,9,17H2,1H3. The molecule has 0 spiro atoms. The van der Waals surface area contributed by atoms with Crippen LogP contribution in [0, 0.1) is 0 Å². The lowest BCUT2D eigenvalue weighted by molar-refractivity contribution is 0.357. The van der Waals surface area contributed by atoms with Gasteiger partial charge in [-0.3, -0.25) is 0 Å². The Morgan fingerprint density at radius 3 is 3.10 bits per heavy atom. The van der Waals surface area contributed by atoms with E-state index in [4.69, 9.17) is 10.5 Å². The summed E-state index contributed by atoms with van der Waals surface area (Å²) in [6.45, 7) is 3.55. The number of fused-ring (bicyclic) bond motifs is 1. The van der Waals surface area contributed by atoms with Crippen molar-refractivity contribution in [3.63, 3.8) is 0 Å². The topological polar surface area (TPSA) is 61.0 Å². The lowest BCUT2D eigenvalue weighted by Crippen LogP contribution is -2.08. The number of rotatable bonds is 4. The van der Waals surface area contributed by atoms with Gasteiger partial charge in [-0.25, -0.2) is 9.97 Å². The molecule has 0 radical (unpaired) electrons. The highest BCUT2D eigenvalue weighted by Crippen LogP contribution is 2.30. The van der Waals surface area contributed by atoms with Crippen LogP contribution in [0.5, 0.6) is 5.75 Å². The van der Waals surface area contributed by atoms with Crippen LogP contribution in [0.1, 0.15) is 30.7 Å². The third-order valence-corrected chi connectivity index (χ3v) is 3.70. The molecule has 3 rings (SSSR count). The van der Waals surface area contributed by atoms with Crippen LogP contribution >= 0.6 is 0 Å². The zero-order valence-corrected chi connectivity index (χ0v) is 11.7. The van der Waals surface area contributed by atoms with E-state index in [0.29, 0.717) is 6.54 Å². The molecule has 1 aliphatic rings. The SMILES string of the molecule is CC(CCN)c1nccc(-c2ccc3c(c2)CCO3)n1. The van der Waals surface area contributed by atoms with Gasteiger partial charge in [-0.2, -0.15) is 0 Å². The number of hydrogen-bond acceptors (Lipinski definition) is 4. The van der Waals surface area contributed by atoms with Gasteiger partial charge in [-0.1, -0.05) is 6.92 Å². The monoisotopic (exact) mass is 269 g/mol. The van der Waals surface area contributed by atoms with Crippen molar-refractivity contribution < 1.29 is 4.74 Å². The molecule has 20 heavy (non-hydrogen) atoms. The van der Waals surface area contributed by atoms with E-state index in [1.165, 1.54) is 5.56 Å². The maximum Gasteiger partial charge on any atom is 0.131 e. The number of hydrogen-bond donors (Lipinski definition) is 1. The van der Waals surface area contributed by atoms with Gasteiger partial charge in [0.15, 0.2) is 0 Å². The van der Waals surface area contributed by atoms with E-state index in [-0.39, 0.29) is 5.92 Å². The fourth-order valence-corrected chi connectivity index (χ4v) is 2.50. The smallest absolute Gasteiger partial charge is 0.131 e. The minimum Gasteiger partial charge on any atom is -0.493 e. The number of nitrogens with zero attached hydrogens (tertiary/aromatic N) is 2. The van der Waals surface area contributed by atoms with Gasteiger partial charge in [-0.15, -0.1) is 0 Å². The van der Waals surface area contributed by atoms with Gasteiger partial charge in [0, 0.05) is 24.1 Å². The summed E-state index contributed by atoms with van der Waals surface area (Å²) in [5.74, 6) is 2.15. The number of nitrogens with two attached hydrogens (primary N) is 1. The molecular formula is C16H19N3O. The highest BCUT2D eigenvalue weighted by atomic mass is 16.5. The highest BCUT2D eigenvalue weighted by molar-refractivity contribution is 5.62. The van der Waals surface area contributed by atoms with Crippen LogP contribution in [-0.4, -0.2) is 23.1 Å². The quantitative estimate of drug-likeness (QED) is 0.926. The van der Waals surface area contributed by atoms with Gasteiger partial charge in [0.25, 0.3) is 0 Å². The Balaban J connectivity index is 1.92.